The van der Waals surface area contributed by atoms with Crippen LogP contribution in [0.1, 0.15) is 18.9 Å². The third-order valence-corrected chi connectivity index (χ3v) is 4.15. The predicted molar refractivity (Wildman–Crippen MR) is 93.1 cm³/mol. The lowest BCUT2D eigenvalue weighted by Crippen LogP contribution is -2.36. The highest BCUT2D eigenvalue weighted by molar-refractivity contribution is 9.10. The van der Waals surface area contributed by atoms with E-state index in [2.05, 4.69) is 21.2 Å². The van der Waals surface area contributed by atoms with Crippen molar-refractivity contribution in [3.8, 4) is 11.5 Å². The second-order valence-electron chi connectivity index (χ2n) is 4.58. The van der Waals surface area contributed by atoms with Crippen LogP contribution in [-0.2, 0) is 11.3 Å². The maximum absolute atomic E-state index is 11.3. The van der Waals surface area contributed by atoms with E-state index in [9.17, 15) is 9.90 Å². The Morgan fingerprint density at radius 1 is 1.50 bits per heavy atom. The Morgan fingerprint density at radius 3 is 2.77 bits per heavy atom. The van der Waals surface area contributed by atoms with Crippen molar-refractivity contribution in [1.29, 1.82) is 0 Å². The van der Waals surface area contributed by atoms with Crippen LogP contribution >= 0.6 is 27.7 Å². The summed E-state index contributed by atoms with van der Waals surface area (Å²) in [6.45, 7) is 2.81. The second kappa shape index (κ2) is 9.97. The minimum atomic E-state index is -0.839. The minimum Gasteiger partial charge on any atom is -0.493 e. The van der Waals surface area contributed by atoms with Gasteiger partial charge in [-0.1, -0.05) is 15.9 Å². The Bertz CT molecular complexity index is 499. The number of hydrogen-bond donors (Lipinski definition) is 2. The zero-order chi connectivity index (χ0) is 16.5. The van der Waals surface area contributed by atoms with Gasteiger partial charge in [-0.3, -0.25) is 4.79 Å². The normalized spacial score (nSPS) is 12.0. The lowest BCUT2D eigenvalue weighted by molar-refractivity contribution is -0.139. The van der Waals surface area contributed by atoms with Gasteiger partial charge in [0, 0.05) is 16.6 Å². The lowest BCUT2D eigenvalue weighted by Gasteiger charge is -2.18. The molecule has 7 heteroatoms. The minimum absolute atomic E-state index is 0.399. The predicted octanol–water partition coefficient (Wildman–Crippen LogP) is 3.15. The van der Waals surface area contributed by atoms with E-state index in [1.54, 1.807) is 18.9 Å². The number of nitrogens with one attached hydrogen (secondary N) is 1. The SMILES string of the molecule is CCOc1c(CNC(CCSC)C(=O)O)cc(Br)cc1OC. The van der Waals surface area contributed by atoms with Crippen LogP contribution in [0.2, 0.25) is 0 Å². The molecule has 2 N–H and O–H groups in total. The first-order valence-electron chi connectivity index (χ1n) is 6.97. The molecular weight excluding hydrogens is 370 g/mol. The van der Waals surface area contributed by atoms with E-state index in [4.69, 9.17) is 9.47 Å². The molecule has 124 valence electrons. The molecule has 0 aromatic heterocycles. The number of ether oxygens (including phenoxy) is 2. The van der Waals surface area contributed by atoms with E-state index in [-0.39, 0.29) is 0 Å². The van der Waals surface area contributed by atoms with Crippen LogP contribution in [0, 0.1) is 0 Å². The summed E-state index contributed by atoms with van der Waals surface area (Å²) in [7, 11) is 1.58. The highest BCUT2D eigenvalue weighted by Crippen LogP contribution is 2.35. The maximum Gasteiger partial charge on any atom is 0.320 e. The fraction of sp³-hybridized carbons (Fsp3) is 0.533. The van der Waals surface area contributed by atoms with Crippen LogP contribution in [0.4, 0.5) is 0 Å². The molecule has 0 aliphatic rings. The molecule has 0 bridgehead atoms. The molecule has 0 fully saturated rings. The van der Waals surface area contributed by atoms with Gasteiger partial charge in [0.2, 0.25) is 0 Å². The number of benzene rings is 1. The second-order valence-corrected chi connectivity index (χ2v) is 6.48. The van der Waals surface area contributed by atoms with Crippen molar-refractivity contribution in [3.05, 3.63) is 22.2 Å². The van der Waals surface area contributed by atoms with Gasteiger partial charge in [0.05, 0.1) is 13.7 Å². The number of halogens is 1. The summed E-state index contributed by atoms with van der Waals surface area (Å²) in [6.07, 6.45) is 2.54. The number of carboxylic acid groups (broad SMARTS) is 1. The molecule has 0 saturated carbocycles. The molecule has 1 aromatic carbocycles. The number of carboxylic acids is 1. The third kappa shape index (κ3) is 5.70. The van der Waals surface area contributed by atoms with Gasteiger partial charge in [-0.2, -0.15) is 11.8 Å². The summed E-state index contributed by atoms with van der Waals surface area (Å²) in [5.41, 5.74) is 0.864. The Hall–Kier alpha value is -0.920. The highest BCUT2D eigenvalue weighted by Gasteiger charge is 2.18. The molecule has 0 spiro atoms. The number of methoxy groups -OCH3 is 1. The molecule has 0 saturated heterocycles. The number of rotatable bonds is 10. The molecule has 0 aliphatic heterocycles. The van der Waals surface area contributed by atoms with Crippen molar-refractivity contribution in [1.82, 2.24) is 5.32 Å². The maximum atomic E-state index is 11.3. The van der Waals surface area contributed by atoms with Crippen LogP contribution in [0.15, 0.2) is 16.6 Å². The largest absolute Gasteiger partial charge is 0.493 e. The van der Waals surface area contributed by atoms with Gasteiger partial charge in [0.1, 0.15) is 6.04 Å². The average Bonchev–Trinajstić information content (AvgIpc) is 2.48. The summed E-state index contributed by atoms with van der Waals surface area (Å²) < 4.78 is 11.8. The van der Waals surface area contributed by atoms with E-state index in [0.717, 1.165) is 15.8 Å². The lowest BCUT2D eigenvalue weighted by atomic mass is 10.1. The molecule has 0 radical (unpaired) electrons. The van der Waals surface area contributed by atoms with Gasteiger partial charge < -0.3 is 19.9 Å². The molecule has 5 nitrogen and oxygen atoms in total. The van der Waals surface area contributed by atoms with Crippen LogP contribution in [0.25, 0.3) is 0 Å². The van der Waals surface area contributed by atoms with Gasteiger partial charge in [0.25, 0.3) is 0 Å². The first-order valence-corrected chi connectivity index (χ1v) is 9.16. The standard InChI is InChI=1S/C15H22BrNO4S/c1-4-21-14-10(7-11(16)8-13(14)20-2)9-17-12(15(18)19)5-6-22-3/h7-8,12,17H,4-6,9H2,1-3H3,(H,18,19). The quantitative estimate of drug-likeness (QED) is 0.638. The summed E-state index contributed by atoms with van der Waals surface area (Å²) in [6, 6.07) is 3.16. The molecule has 0 heterocycles. The van der Waals surface area contributed by atoms with Crippen molar-refractivity contribution in [2.45, 2.75) is 25.9 Å². The van der Waals surface area contributed by atoms with Crippen molar-refractivity contribution < 1.29 is 19.4 Å². The van der Waals surface area contributed by atoms with E-state index >= 15 is 0 Å². The van der Waals surface area contributed by atoms with E-state index in [1.807, 2.05) is 25.3 Å². The number of aliphatic carboxylic acids is 1. The van der Waals surface area contributed by atoms with Gasteiger partial charge in [-0.05, 0) is 37.5 Å². The fourth-order valence-corrected chi connectivity index (χ4v) is 2.95. The summed E-state index contributed by atoms with van der Waals surface area (Å²) in [5.74, 6) is 1.23. The van der Waals surface area contributed by atoms with Crippen molar-refractivity contribution in [2.24, 2.45) is 0 Å². The molecule has 1 aromatic rings. The summed E-state index contributed by atoms with van der Waals surface area (Å²) in [5, 5.41) is 12.3. The first kappa shape index (κ1) is 19.1. The van der Waals surface area contributed by atoms with Crippen molar-refractivity contribution in [3.63, 3.8) is 0 Å². The van der Waals surface area contributed by atoms with Crippen molar-refractivity contribution >= 4 is 33.7 Å². The number of thioether (sulfide) groups is 1. The van der Waals surface area contributed by atoms with Gasteiger partial charge in [-0.25, -0.2) is 0 Å². The Balaban J connectivity index is 2.90. The van der Waals surface area contributed by atoms with Gasteiger partial charge in [0.15, 0.2) is 11.5 Å². The van der Waals surface area contributed by atoms with Crippen LogP contribution in [-0.4, -0.2) is 42.8 Å². The van der Waals surface area contributed by atoms with E-state index in [0.29, 0.717) is 31.1 Å². The number of carbonyl (C=O) groups is 1. The topological polar surface area (TPSA) is 67.8 Å². The Morgan fingerprint density at radius 2 is 2.23 bits per heavy atom. The van der Waals surface area contributed by atoms with Gasteiger partial charge >= 0.3 is 5.97 Å². The van der Waals surface area contributed by atoms with E-state index in [1.165, 1.54) is 0 Å². The average molecular weight is 392 g/mol. The highest BCUT2D eigenvalue weighted by atomic mass is 79.9. The molecule has 0 aliphatic carbocycles. The zero-order valence-electron chi connectivity index (χ0n) is 13.0. The van der Waals surface area contributed by atoms with Crippen LogP contribution in [0.3, 0.4) is 0 Å². The van der Waals surface area contributed by atoms with E-state index < -0.39 is 12.0 Å². The molecule has 22 heavy (non-hydrogen) atoms. The Labute approximate surface area is 143 Å². The van der Waals surface area contributed by atoms with Gasteiger partial charge in [-0.15, -0.1) is 0 Å². The Kier molecular flexibility index (Phi) is 8.67. The number of hydrogen-bond acceptors (Lipinski definition) is 5. The monoisotopic (exact) mass is 391 g/mol. The summed E-state index contributed by atoms with van der Waals surface area (Å²) >= 11 is 5.07. The first-order chi connectivity index (χ1) is 10.5. The van der Waals surface area contributed by atoms with Crippen LogP contribution < -0.4 is 14.8 Å². The fourth-order valence-electron chi connectivity index (χ4n) is 2.00. The van der Waals surface area contributed by atoms with Crippen LogP contribution in [0.5, 0.6) is 11.5 Å². The molecule has 1 rings (SSSR count). The third-order valence-electron chi connectivity index (χ3n) is 3.05. The molecule has 1 unspecified atom stereocenters. The summed E-state index contributed by atoms with van der Waals surface area (Å²) in [4.78, 5) is 11.3. The molecule has 1 atom stereocenters. The zero-order valence-corrected chi connectivity index (χ0v) is 15.4. The molecular formula is C15H22BrNO4S. The molecule has 0 amide bonds. The smallest absolute Gasteiger partial charge is 0.320 e. The van der Waals surface area contributed by atoms with Crippen molar-refractivity contribution in [2.75, 3.05) is 25.7 Å².